The first-order chi connectivity index (χ1) is 8.04. The Morgan fingerprint density at radius 3 is 2.35 bits per heavy atom. The summed E-state index contributed by atoms with van der Waals surface area (Å²) in [6.45, 7) is 2.29. The van der Waals surface area contributed by atoms with Crippen LogP contribution in [0.5, 0.6) is 0 Å². The van der Waals surface area contributed by atoms with Crippen molar-refractivity contribution in [1.82, 2.24) is 10.6 Å². The summed E-state index contributed by atoms with van der Waals surface area (Å²) >= 11 is 0. The van der Waals surface area contributed by atoms with Crippen LogP contribution in [0.3, 0.4) is 0 Å². The molecule has 0 bridgehead atoms. The average Bonchev–Trinajstić information content (AvgIpc) is 2.75. The van der Waals surface area contributed by atoms with Crippen LogP contribution in [-0.4, -0.2) is 36.0 Å². The molecule has 3 N–H and O–H groups in total. The van der Waals surface area contributed by atoms with Crippen LogP contribution >= 0.6 is 0 Å². The number of carbonyl (C=O) groups excluding carboxylic acids is 2. The number of hydrogen-bond donors (Lipinski definition) is 3. The van der Waals surface area contributed by atoms with E-state index in [0.717, 1.165) is 0 Å². The van der Waals surface area contributed by atoms with Gasteiger partial charge >= 0.3 is 5.97 Å². The zero-order valence-electron chi connectivity index (χ0n) is 9.86. The maximum absolute atomic E-state index is 11.6. The van der Waals surface area contributed by atoms with Crippen LogP contribution in [0.4, 0.5) is 0 Å². The first kappa shape index (κ1) is 13.5. The van der Waals surface area contributed by atoms with Gasteiger partial charge < -0.3 is 15.7 Å². The SMILES string of the molecule is CCNC(=O)CNC(=O)[C@@H]1CC[C@H](C(=O)O)C1. The topological polar surface area (TPSA) is 95.5 Å². The lowest BCUT2D eigenvalue weighted by molar-refractivity contribution is -0.141. The summed E-state index contributed by atoms with van der Waals surface area (Å²) in [7, 11) is 0. The van der Waals surface area contributed by atoms with E-state index in [-0.39, 0.29) is 24.3 Å². The lowest BCUT2D eigenvalue weighted by Gasteiger charge is -2.10. The Balaban J connectivity index is 2.30. The van der Waals surface area contributed by atoms with E-state index in [1.165, 1.54) is 0 Å². The van der Waals surface area contributed by atoms with Gasteiger partial charge in [-0.2, -0.15) is 0 Å². The molecule has 0 aromatic carbocycles. The molecule has 1 rings (SSSR count). The van der Waals surface area contributed by atoms with E-state index in [1.807, 2.05) is 0 Å². The van der Waals surface area contributed by atoms with Crippen molar-refractivity contribution in [2.75, 3.05) is 13.1 Å². The zero-order chi connectivity index (χ0) is 12.8. The molecule has 17 heavy (non-hydrogen) atoms. The molecule has 0 aromatic heterocycles. The van der Waals surface area contributed by atoms with E-state index in [9.17, 15) is 14.4 Å². The minimum atomic E-state index is -0.843. The number of rotatable bonds is 5. The van der Waals surface area contributed by atoms with Crippen molar-refractivity contribution >= 4 is 17.8 Å². The van der Waals surface area contributed by atoms with Gasteiger partial charge in [-0.15, -0.1) is 0 Å². The molecule has 0 saturated heterocycles. The minimum Gasteiger partial charge on any atom is -0.481 e. The molecule has 6 heteroatoms. The first-order valence-electron chi connectivity index (χ1n) is 5.81. The highest BCUT2D eigenvalue weighted by Gasteiger charge is 2.33. The Hall–Kier alpha value is -1.59. The van der Waals surface area contributed by atoms with Gasteiger partial charge in [-0.05, 0) is 26.2 Å². The molecule has 0 radical (unpaired) electrons. The summed E-state index contributed by atoms with van der Waals surface area (Å²) in [4.78, 5) is 33.5. The summed E-state index contributed by atoms with van der Waals surface area (Å²) < 4.78 is 0. The van der Waals surface area contributed by atoms with Gasteiger partial charge in [-0.25, -0.2) is 0 Å². The van der Waals surface area contributed by atoms with E-state index in [0.29, 0.717) is 25.8 Å². The number of amides is 2. The van der Waals surface area contributed by atoms with Gasteiger partial charge in [0.1, 0.15) is 0 Å². The normalized spacial score (nSPS) is 23.1. The van der Waals surface area contributed by atoms with Gasteiger partial charge in [0.15, 0.2) is 0 Å². The van der Waals surface area contributed by atoms with Gasteiger partial charge in [0.2, 0.25) is 11.8 Å². The van der Waals surface area contributed by atoms with Gasteiger partial charge in [-0.3, -0.25) is 14.4 Å². The highest BCUT2D eigenvalue weighted by atomic mass is 16.4. The van der Waals surface area contributed by atoms with Crippen LogP contribution < -0.4 is 10.6 Å². The summed E-state index contributed by atoms with van der Waals surface area (Å²) in [5, 5.41) is 13.9. The van der Waals surface area contributed by atoms with Crippen LogP contribution in [0.1, 0.15) is 26.2 Å². The van der Waals surface area contributed by atoms with E-state index < -0.39 is 11.9 Å². The number of aliphatic carboxylic acids is 1. The van der Waals surface area contributed by atoms with Crippen molar-refractivity contribution in [1.29, 1.82) is 0 Å². The number of nitrogens with one attached hydrogen (secondary N) is 2. The molecule has 0 heterocycles. The number of carboxylic acid groups (broad SMARTS) is 1. The maximum Gasteiger partial charge on any atom is 0.306 e. The fourth-order valence-electron chi connectivity index (χ4n) is 2.02. The predicted molar refractivity (Wildman–Crippen MR) is 60.2 cm³/mol. The van der Waals surface area contributed by atoms with E-state index >= 15 is 0 Å². The molecule has 2 amide bonds. The van der Waals surface area contributed by atoms with E-state index in [1.54, 1.807) is 6.92 Å². The van der Waals surface area contributed by atoms with Crippen LogP contribution in [0.2, 0.25) is 0 Å². The Labute approximate surface area is 99.8 Å². The molecule has 6 nitrogen and oxygen atoms in total. The highest BCUT2D eigenvalue weighted by Crippen LogP contribution is 2.30. The third kappa shape index (κ3) is 4.05. The molecule has 0 aromatic rings. The molecular formula is C11H18N2O4. The molecule has 2 atom stereocenters. The van der Waals surface area contributed by atoms with Gasteiger partial charge in [-0.1, -0.05) is 0 Å². The molecule has 1 fully saturated rings. The largest absolute Gasteiger partial charge is 0.481 e. The smallest absolute Gasteiger partial charge is 0.306 e. The van der Waals surface area contributed by atoms with Crippen molar-refractivity contribution in [3.05, 3.63) is 0 Å². The molecular weight excluding hydrogens is 224 g/mol. The Morgan fingerprint density at radius 2 is 1.82 bits per heavy atom. The van der Waals surface area contributed by atoms with Gasteiger partial charge in [0.05, 0.1) is 12.5 Å². The standard InChI is InChI=1S/C11H18N2O4/c1-2-12-9(14)6-13-10(15)7-3-4-8(5-7)11(16)17/h7-8H,2-6H2,1H3,(H,12,14)(H,13,15)(H,16,17)/t7-,8+/m1/s1. The minimum absolute atomic E-state index is 0.0408. The third-order valence-electron chi connectivity index (χ3n) is 2.95. The summed E-state index contributed by atoms with van der Waals surface area (Å²) in [5.41, 5.74) is 0. The van der Waals surface area contributed by atoms with Crippen LogP contribution in [-0.2, 0) is 14.4 Å². The van der Waals surface area contributed by atoms with Crippen LogP contribution in [0.25, 0.3) is 0 Å². The number of likely N-dealkylation sites (N-methyl/N-ethyl adjacent to an activating group) is 1. The van der Waals surface area contributed by atoms with E-state index in [2.05, 4.69) is 10.6 Å². The molecule has 0 spiro atoms. The van der Waals surface area contributed by atoms with Crippen molar-refractivity contribution in [2.45, 2.75) is 26.2 Å². The lowest BCUT2D eigenvalue weighted by atomic mass is 10.0. The molecule has 96 valence electrons. The maximum atomic E-state index is 11.6. The molecule has 1 aliphatic rings. The molecule has 0 unspecified atom stereocenters. The van der Waals surface area contributed by atoms with Crippen LogP contribution in [0.15, 0.2) is 0 Å². The lowest BCUT2D eigenvalue weighted by Crippen LogP contribution is -2.39. The Morgan fingerprint density at radius 1 is 1.18 bits per heavy atom. The van der Waals surface area contributed by atoms with E-state index in [4.69, 9.17) is 5.11 Å². The fourth-order valence-corrected chi connectivity index (χ4v) is 2.02. The first-order valence-corrected chi connectivity index (χ1v) is 5.81. The summed E-state index contributed by atoms with van der Waals surface area (Å²) in [5.74, 6) is -1.99. The monoisotopic (exact) mass is 242 g/mol. The number of carbonyl (C=O) groups is 3. The summed E-state index contributed by atoms with van der Waals surface area (Å²) in [6.07, 6.45) is 1.49. The Kier molecular flexibility index (Phi) is 4.93. The second-order valence-corrected chi connectivity index (χ2v) is 4.22. The number of hydrogen-bond acceptors (Lipinski definition) is 3. The van der Waals surface area contributed by atoms with Crippen molar-refractivity contribution in [3.8, 4) is 0 Å². The third-order valence-corrected chi connectivity index (χ3v) is 2.95. The summed E-state index contributed by atoms with van der Waals surface area (Å²) in [6, 6.07) is 0. The predicted octanol–water partition coefficient (Wildman–Crippen LogP) is -0.260. The van der Waals surface area contributed by atoms with Gasteiger partial charge in [0, 0.05) is 12.5 Å². The number of carboxylic acids is 1. The Bertz CT molecular complexity index is 317. The van der Waals surface area contributed by atoms with Crippen molar-refractivity contribution in [2.24, 2.45) is 11.8 Å². The molecule has 1 saturated carbocycles. The van der Waals surface area contributed by atoms with Crippen molar-refractivity contribution in [3.63, 3.8) is 0 Å². The fraction of sp³-hybridized carbons (Fsp3) is 0.727. The van der Waals surface area contributed by atoms with Gasteiger partial charge in [0.25, 0.3) is 0 Å². The second kappa shape index (κ2) is 6.22. The van der Waals surface area contributed by atoms with Crippen molar-refractivity contribution < 1.29 is 19.5 Å². The highest BCUT2D eigenvalue weighted by molar-refractivity contribution is 5.86. The average molecular weight is 242 g/mol. The molecule has 0 aliphatic heterocycles. The van der Waals surface area contributed by atoms with Crippen LogP contribution in [0, 0.1) is 11.8 Å². The zero-order valence-corrected chi connectivity index (χ0v) is 9.86. The molecule has 1 aliphatic carbocycles. The quantitative estimate of drug-likeness (QED) is 0.619. The second-order valence-electron chi connectivity index (χ2n) is 4.22.